The van der Waals surface area contributed by atoms with Crippen LogP contribution in [-0.2, 0) is 6.54 Å². The molecule has 0 amide bonds. The van der Waals surface area contributed by atoms with Crippen molar-refractivity contribution in [1.82, 2.24) is 15.2 Å². The number of aromatic nitrogens is 1. The molecule has 0 aliphatic carbocycles. The van der Waals surface area contributed by atoms with Gasteiger partial charge in [0.15, 0.2) is 0 Å². The van der Waals surface area contributed by atoms with Crippen LogP contribution in [0, 0.1) is 0 Å². The minimum absolute atomic E-state index is 0. The standard InChI is InChI=1S/C14H15BrClN3S.ClH/c15-12-6-11(20-14(12)16)9-19-5-4-18-8-13(19)10-2-1-3-17-7-10;/h1-3,6-7,13,18H,4-5,8-9H2;1H. The normalized spacial score (nSPS) is 19.2. The molecule has 3 heterocycles. The van der Waals surface area contributed by atoms with Crippen LogP contribution < -0.4 is 5.32 Å². The van der Waals surface area contributed by atoms with Gasteiger partial charge in [0.25, 0.3) is 0 Å². The van der Waals surface area contributed by atoms with E-state index in [4.69, 9.17) is 11.6 Å². The second-order valence-electron chi connectivity index (χ2n) is 4.81. The maximum atomic E-state index is 6.13. The fraction of sp³-hybridized carbons (Fsp3) is 0.357. The fourth-order valence-corrected chi connectivity index (χ4v) is 4.32. The Morgan fingerprint density at radius 1 is 1.52 bits per heavy atom. The Morgan fingerprint density at radius 3 is 3.05 bits per heavy atom. The second kappa shape index (κ2) is 7.90. The predicted octanol–water partition coefficient (Wildman–Crippen LogP) is 4.13. The first-order valence-electron chi connectivity index (χ1n) is 6.52. The zero-order valence-electron chi connectivity index (χ0n) is 11.3. The van der Waals surface area contributed by atoms with Gasteiger partial charge in [-0.25, -0.2) is 0 Å². The summed E-state index contributed by atoms with van der Waals surface area (Å²) >= 11 is 11.3. The number of hydrogen-bond donors (Lipinski definition) is 1. The quantitative estimate of drug-likeness (QED) is 0.827. The smallest absolute Gasteiger partial charge is 0.107 e. The minimum atomic E-state index is 0. The third-order valence-corrected chi connectivity index (χ3v) is 5.94. The molecule has 3 nitrogen and oxygen atoms in total. The van der Waals surface area contributed by atoms with E-state index in [2.05, 4.69) is 43.3 Å². The van der Waals surface area contributed by atoms with Gasteiger partial charge in [-0.15, -0.1) is 23.7 Å². The van der Waals surface area contributed by atoms with E-state index in [0.717, 1.165) is 35.0 Å². The second-order valence-corrected chi connectivity index (χ2v) is 7.40. The van der Waals surface area contributed by atoms with Crippen molar-refractivity contribution in [2.75, 3.05) is 19.6 Å². The first-order valence-corrected chi connectivity index (χ1v) is 8.51. The first-order chi connectivity index (χ1) is 9.74. The number of hydrogen-bond acceptors (Lipinski definition) is 4. The van der Waals surface area contributed by atoms with Gasteiger partial charge in [-0.1, -0.05) is 17.7 Å². The molecule has 7 heteroatoms. The van der Waals surface area contributed by atoms with Crippen molar-refractivity contribution in [3.05, 3.63) is 49.8 Å². The van der Waals surface area contributed by atoms with Gasteiger partial charge in [0.1, 0.15) is 4.34 Å². The van der Waals surface area contributed by atoms with Crippen molar-refractivity contribution >= 4 is 51.3 Å². The number of nitrogens with one attached hydrogen (secondary N) is 1. The Balaban J connectivity index is 0.00000161. The Labute approximate surface area is 148 Å². The third-order valence-electron chi connectivity index (χ3n) is 3.48. The Kier molecular flexibility index (Phi) is 6.47. The zero-order valence-corrected chi connectivity index (χ0v) is 15.2. The van der Waals surface area contributed by atoms with Gasteiger partial charge in [-0.05, 0) is 33.6 Å². The molecule has 0 saturated carbocycles. The summed E-state index contributed by atoms with van der Waals surface area (Å²) in [5.41, 5.74) is 1.27. The minimum Gasteiger partial charge on any atom is -0.314 e. The maximum absolute atomic E-state index is 6.13. The molecule has 0 spiro atoms. The van der Waals surface area contributed by atoms with Crippen molar-refractivity contribution in [2.45, 2.75) is 12.6 Å². The van der Waals surface area contributed by atoms with Crippen LogP contribution in [0.1, 0.15) is 16.5 Å². The van der Waals surface area contributed by atoms with Gasteiger partial charge in [0, 0.05) is 54.0 Å². The van der Waals surface area contributed by atoms with Gasteiger partial charge in [-0.2, -0.15) is 0 Å². The highest BCUT2D eigenvalue weighted by molar-refractivity contribution is 9.10. The van der Waals surface area contributed by atoms with Crippen molar-refractivity contribution in [1.29, 1.82) is 0 Å². The summed E-state index contributed by atoms with van der Waals surface area (Å²) < 4.78 is 1.82. The third kappa shape index (κ3) is 4.18. The van der Waals surface area contributed by atoms with E-state index < -0.39 is 0 Å². The summed E-state index contributed by atoms with van der Waals surface area (Å²) in [4.78, 5) is 8.02. The molecule has 1 saturated heterocycles. The average Bonchev–Trinajstić information content (AvgIpc) is 2.79. The maximum Gasteiger partial charge on any atom is 0.107 e. The summed E-state index contributed by atoms with van der Waals surface area (Å²) in [5, 5.41) is 3.46. The molecule has 1 unspecified atom stereocenters. The summed E-state index contributed by atoms with van der Waals surface area (Å²) in [6.07, 6.45) is 3.78. The van der Waals surface area contributed by atoms with Gasteiger partial charge < -0.3 is 5.32 Å². The van der Waals surface area contributed by atoms with Crippen LogP contribution in [-0.4, -0.2) is 29.5 Å². The Hall–Kier alpha value is -0.170. The average molecular weight is 409 g/mol. The van der Waals surface area contributed by atoms with Crippen molar-refractivity contribution in [2.24, 2.45) is 0 Å². The lowest BCUT2D eigenvalue weighted by Crippen LogP contribution is -2.45. The number of halogens is 3. The van der Waals surface area contributed by atoms with E-state index in [9.17, 15) is 0 Å². The molecular formula is C14H16BrCl2N3S. The van der Waals surface area contributed by atoms with E-state index in [1.54, 1.807) is 11.3 Å². The number of piperazine rings is 1. The summed E-state index contributed by atoms with van der Waals surface area (Å²) in [5.74, 6) is 0. The van der Waals surface area contributed by atoms with Gasteiger partial charge in [0.05, 0.1) is 0 Å². The van der Waals surface area contributed by atoms with Crippen LogP contribution in [0.25, 0.3) is 0 Å². The molecule has 0 aromatic carbocycles. The highest BCUT2D eigenvalue weighted by Gasteiger charge is 2.24. The lowest BCUT2D eigenvalue weighted by molar-refractivity contribution is 0.155. The molecule has 3 rings (SSSR count). The van der Waals surface area contributed by atoms with Crippen LogP contribution in [0.15, 0.2) is 35.1 Å². The van der Waals surface area contributed by atoms with Crippen LogP contribution >= 0.6 is 51.3 Å². The van der Waals surface area contributed by atoms with Crippen LogP contribution in [0.3, 0.4) is 0 Å². The number of nitrogens with zero attached hydrogens (tertiary/aromatic N) is 2. The van der Waals surface area contributed by atoms with Gasteiger partial charge >= 0.3 is 0 Å². The SMILES string of the molecule is Cl.Clc1sc(CN2CCNCC2c2cccnc2)cc1Br. The highest BCUT2D eigenvalue weighted by Crippen LogP contribution is 2.34. The number of thiophene rings is 1. The molecular weight excluding hydrogens is 393 g/mol. The molecule has 1 atom stereocenters. The van der Waals surface area contributed by atoms with E-state index in [1.165, 1.54) is 10.4 Å². The molecule has 0 bridgehead atoms. The largest absolute Gasteiger partial charge is 0.314 e. The Morgan fingerprint density at radius 2 is 2.38 bits per heavy atom. The summed E-state index contributed by atoms with van der Waals surface area (Å²) in [6, 6.07) is 6.64. The van der Waals surface area contributed by atoms with Gasteiger partial charge in [0.2, 0.25) is 0 Å². The summed E-state index contributed by atoms with van der Waals surface area (Å²) in [6.45, 7) is 3.95. The van der Waals surface area contributed by atoms with E-state index in [1.807, 2.05) is 18.5 Å². The molecule has 21 heavy (non-hydrogen) atoms. The first kappa shape index (κ1) is 17.2. The lowest BCUT2D eigenvalue weighted by atomic mass is 10.1. The Bertz CT molecular complexity index is 559. The van der Waals surface area contributed by atoms with Crippen molar-refractivity contribution in [3.8, 4) is 0 Å². The zero-order chi connectivity index (χ0) is 13.9. The topological polar surface area (TPSA) is 28.2 Å². The molecule has 1 aliphatic rings. The van der Waals surface area contributed by atoms with E-state index in [-0.39, 0.29) is 12.4 Å². The molecule has 2 aromatic rings. The van der Waals surface area contributed by atoms with Crippen LogP contribution in [0.4, 0.5) is 0 Å². The number of pyridine rings is 1. The molecule has 2 aromatic heterocycles. The molecule has 1 N–H and O–H groups in total. The monoisotopic (exact) mass is 407 g/mol. The molecule has 114 valence electrons. The highest BCUT2D eigenvalue weighted by atomic mass is 79.9. The predicted molar refractivity (Wildman–Crippen MR) is 94.5 cm³/mol. The van der Waals surface area contributed by atoms with E-state index in [0.29, 0.717) is 6.04 Å². The van der Waals surface area contributed by atoms with E-state index >= 15 is 0 Å². The molecule has 1 fully saturated rings. The molecule has 0 radical (unpaired) electrons. The van der Waals surface area contributed by atoms with Crippen LogP contribution in [0.2, 0.25) is 4.34 Å². The van der Waals surface area contributed by atoms with Gasteiger partial charge in [-0.3, -0.25) is 9.88 Å². The molecule has 1 aliphatic heterocycles. The van der Waals surface area contributed by atoms with Crippen molar-refractivity contribution < 1.29 is 0 Å². The van der Waals surface area contributed by atoms with Crippen molar-refractivity contribution in [3.63, 3.8) is 0 Å². The lowest BCUT2D eigenvalue weighted by Gasteiger charge is -2.36. The summed E-state index contributed by atoms with van der Waals surface area (Å²) in [7, 11) is 0. The number of rotatable bonds is 3. The van der Waals surface area contributed by atoms with Crippen LogP contribution in [0.5, 0.6) is 0 Å². The fourth-order valence-electron chi connectivity index (χ4n) is 2.51.